The zero-order valence-electron chi connectivity index (χ0n) is 14.7. The van der Waals surface area contributed by atoms with Crippen LogP contribution in [0.25, 0.3) is 0 Å². The number of benzene rings is 1. The Labute approximate surface area is 156 Å². The number of carbonyl (C=O) groups is 1. The van der Waals surface area contributed by atoms with E-state index in [2.05, 4.69) is 0 Å². The van der Waals surface area contributed by atoms with Gasteiger partial charge in [0.25, 0.3) is 0 Å². The highest BCUT2D eigenvalue weighted by atomic mass is 32.2. The van der Waals surface area contributed by atoms with Gasteiger partial charge in [-0.1, -0.05) is 0 Å². The molecule has 1 atom stereocenters. The van der Waals surface area contributed by atoms with E-state index >= 15 is 0 Å². The molecule has 0 aliphatic carbocycles. The highest BCUT2D eigenvalue weighted by molar-refractivity contribution is 7.92. The third-order valence-corrected chi connectivity index (χ3v) is 7.75. The number of ether oxygens (including phenoxy) is 1. The lowest BCUT2D eigenvalue weighted by molar-refractivity contribution is 0.145. The van der Waals surface area contributed by atoms with Crippen LogP contribution in [0.2, 0.25) is 0 Å². The Morgan fingerprint density at radius 2 is 1.78 bits per heavy atom. The van der Waals surface area contributed by atoms with Crippen molar-refractivity contribution in [2.45, 2.75) is 18.9 Å². The second-order valence-electron chi connectivity index (χ2n) is 7.63. The third kappa shape index (κ3) is 3.25. The molecule has 10 heteroatoms. The van der Waals surface area contributed by atoms with Gasteiger partial charge in [-0.3, -0.25) is 4.90 Å². The Hall–Kier alpha value is -1.94. The summed E-state index contributed by atoms with van der Waals surface area (Å²) in [6, 6.07) is 2.24. The van der Waals surface area contributed by atoms with Crippen molar-refractivity contribution < 1.29 is 26.7 Å². The number of hydrogen-bond acceptors (Lipinski definition) is 6. The van der Waals surface area contributed by atoms with E-state index in [-0.39, 0.29) is 41.4 Å². The zero-order chi connectivity index (χ0) is 19.4. The fourth-order valence-electron chi connectivity index (χ4n) is 4.25. The average molecular weight is 401 g/mol. The van der Waals surface area contributed by atoms with Gasteiger partial charge in [-0.25, -0.2) is 22.0 Å². The lowest BCUT2D eigenvalue weighted by atomic mass is 9.81. The number of piperidine rings is 1. The number of anilines is 2. The summed E-state index contributed by atoms with van der Waals surface area (Å²) in [5.74, 6) is -1.19. The van der Waals surface area contributed by atoms with Crippen molar-refractivity contribution in [3.63, 3.8) is 0 Å². The van der Waals surface area contributed by atoms with Crippen LogP contribution in [0.15, 0.2) is 12.1 Å². The molecule has 3 saturated heterocycles. The molecule has 0 bridgehead atoms. The highest BCUT2D eigenvalue weighted by Gasteiger charge is 2.49. The molecule has 1 spiro atoms. The molecule has 0 unspecified atom stereocenters. The minimum atomic E-state index is -2.94. The molecule has 7 nitrogen and oxygen atoms in total. The smallest absolute Gasteiger partial charge is 0.414 e. The summed E-state index contributed by atoms with van der Waals surface area (Å²) >= 11 is 0. The van der Waals surface area contributed by atoms with Crippen molar-refractivity contribution in [1.29, 1.82) is 0 Å². The molecule has 0 saturated carbocycles. The average Bonchev–Trinajstić information content (AvgIpc) is 2.95. The first-order valence-electron chi connectivity index (χ1n) is 8.85. The van der Waals surface area contributed by atoms with Gasteiger partial charge in [0.05, 0.1) is 23.7 Å². The molecule has 2 N–H and O–H groups in total. The summed E-state index contributed by atoms with van der Waals surface area (Å²) < 4.78 is 57.3. The Morgan fingerprint density at radius 1 is 1.19 bits per heavy atom. The van der Waals surface area contributed by atoms with Gasteiger partial charge in [0.1, 0.15) is 11.8 Å². The maximum atomic E-state index is 14.7. The van der Waals surface area contributed by atoms with Crippen molar-refractivity contribution >= 4 is 27.3 Å². The van der Waals surface area contributed by atoms with E-state index in [0.717, 1.165) is 17.0 Å². The third-order valence-electron chi connectivity index (χ3n) is 5.64. The molecule has 0 aromatic heterocycles. The van der Waals surface area contributed by atoms with Gasteiger partial charge >= 0.3 is 6.09 Å². The molecule has 4 rings (SSSR count). The van der Waals surface area contributed by atoms with Crippen LogP contribution in [-0.2, 0) is 14.6 Å². The van der Waals surface area contributed by atoms with Crippen LogP contribution in [0, 0.1) is 17.0 Å². The molecule has 3 aliphatic heterocycles. The predicted molar refractivity (Wildman–Crippen MR) is 95.6 cm³/mol. The van der Waals surface area contributed by atoms with Crippen LogP contribution in [0.5, 0.6) is 0 Å². The summed E-state index contributed by atoms with van der Waals surface area (Å²) in [5, 5.41) is 0. The molecule has 3 fully saturated rings. The van der Waals surface area contributed by atoms with Crippen molar-refractivity contribution in [1.82, 2.24) is 0 Å². The number of rotatable bonds is 3. The van der Waals surface area contributed by atoms with Crippen LogP contribution in [0.1, 0.15) is 12.8 Å². The SMILES string of the molecule is NC[C@H]1CN(c2cc(F)c(N3CCC4(CC3)CS(=O)(=O)C4)c(F)c2)C(=O)O1. The predicted octanol–water partition coefficient (Wildman–Crippen LogP) is 1.26. The van der Waals surface area contributed by atoms with Crippen molar-refractivity contribution in [3.8, 4) is 0 Å². The van der Waals surface area contributed by atoms with Gasteiger partial charge in [-0.2, -0.15) is 0 Å². The topological polar surface area (TPSA) is 92.9 Å². The molecular formula is C17H21F2N3O4S. The first-order valence-corrected chi connectivity index (χ1v) is 10.7. The second kappa shape index (κ2) is 6.30. The van der Waals surface area contributed by atoms with E-state index in [1.165, 1.54) is 0 Å². The lowest BCUT2D eigenvalue weighted by Crippen LogP contribution is -2.54. The van der Waals surface area contributed by atoms with Crippen LogP contribution < -0.4 is 15.5 Å². The minimum absolute atomic E-state index is 0.0910. The fraction of sp³-hybridized carbons (Fsp3) is 0.588. The molecule has 148 valence electrons. The van der Waals surface area contributed by atoms with Crippen molar-refractivity contribution in [2.75, 3.05) is 47.5 Å². The Kier molecular flexibility index (Phi) is 4.30. The quantitative estimate of drug-likeness (QED) is 0.820. The first kappa shape index (κ1) is 18.4. The zero-order valence-corrected chi connectivity index (χ0v) is 15.5. The molecular weight excluding hydrogens is 380 g/mol. The maximum absolute atomic E-state index is 14.7. The largest absolute Gasteiger partial charge is 0.443 e. The van der Waals surface area contributed by atoms with E-state index in [9.17, 15) is 22.0 Å². The summed E-state index contributed by atoms with van der Waals surface area (Å²) in [7, 11) is -2.94. The number of halogens is 2. The number of hydrogen-bond donors (Lipinski definition) is 1. The first-order chi connectivity index (χ1) is 12.7. The summed E-state index contributed by atoms with van der Waals surface area (Å²) in [6.45, 7) is 1.07. The molecule has 1 aromatic carbocycles. The van der Waals surface area contributed by atoms with E-state index in [1.807, 2.05) is 0 Å². The monoisotopic (exact) mass is 401 g/mol. The maximum Gasteiger partial charge on any atom is 0.414 e. The Morgan fingerprint density at radius 3 is 2.26 bits per heavy atom. The van der Waals surface area contributed by atoms with Crippen molar-refractivity contribution in [3.05, 3.63) is 23.8 Å². The minimum Gasteiger partial charge on any atom is -0.443 e. The summed E-state index contributed by atoms with van der Waals surface area (Å²) in [4.78, 5) is 14.6. The Bertz CT molecular complexity index is 847. The van der Waals surface area contributed by atoms with E-state index in [4.69, 9.17) is 10.5 Å². The molecule has 0 radical (unpaired) electrons. The molecule has 3 aliphatic rings. The van der Waals surface area contributed by atoms with Gasteiger partial charge in [-0.05, 0) is 12.8 Å². The van der Waals surface area contributed by atoms with Gasteiger partial charge < -0.3 is 15.4 Å². The number of sulfone groups is 1. The standard InChI is InChI=1S/C17H21F2N3O4S/c18-13-5-11(22-8-12(7-20)26-16(22)23)6-14(19)15(13)21-3-1-17(2-4-21)9-27(24,25)10-17/h5-6,12H,1-4,7-10,20H2/t12-/m0/s1. The number of nitrogens with two attached hydrogens (primary N) is 1. The van der Waals surface area contributed by atoms with E-state index < -0.39 is 33.7 Å². The summed E-state index contributed by atoms with van der Waals surface area (Å²) in [5.41, 5.74) is 5.19. The van der Waals surface area contributed by atoms with E-state index in [1.54, 1.807) is 4.90 Å². The molecule has 1 aromatic rings. The van der Waals surface area contributed by atoms with Crippen LogP contribution in [0.3, 0.4) is 0 Å². The normalized spacial score (nSPS) is 26.2. The van der Waals surface area contributed by atoms with Gasteiger partial charge in [0.15, 0.2) is 21.5 Å². The molecule has 1 amide bonds. The van der Waals surface area contributed by atoms with Crippen LogP contribution in [-0.4, -0.2) is 58.3 Å². The van der Waals surface area contributed by atoms with Gasteiger partial charge in [0, 0.05) is 37.2 Å². The van der Waals surface area contributed by atoms with E-state index in [0.29, 0.717) is 25.9 Å². The lowest BCUT2D eigenvalue weighted by Gasteiger charge is -2.47. The van der Waals surface area contributed by atoms with Gasteiger partial charge in [-0.15, -0.1) is 0 Å². The van der Waals surface area contributed by atoms with Crippen LogP contribution >= 0.6 is 0 Å². The fourth-order valence-corrected chi connectivity index (χ4v) is 6.61. The van der Waals surface area contributed by atoms with Gasteiger partial charge in [0.2, 0.25) is 0 Å². The number of nitrogens with zero attached hydrogens (tertiary/aromatic N) is 2. The van der Waals surface area contributed by atoms with Crippen molar-refractivity contribution in [2.24, 2.45) is 11.1 Å². The second-order valence-corrected chi connectivity index (χ2v) is 9.69. The molecule has 27 heavy (non-hydrogen) atoms. The molecule has 3 heterocycles. The van der Waals surface area contributed by atoms with Crippen LogP contribution in [0.4, 0.5) is 25.0 Å². The number of amides is 1. The highest BCUT2D eigenvalue weighted by Crippen LogP contribution is 2.44. The summed E-state index contributed by atoms with van der Waals surface area (Å²) in [6.07, 6.45) is -0.00377. The number of cyclic esters (lactones) is 1. The number of carbonyl (C=O) groups excluding carboxylic acids is 1. The Balaban J connectivity index is 1.51.